The maximum atomic E-state index is 12.0. The van der Waals surface area contributed by atoms with Crippen molar-refractivity contribution in [2.45, 2.75) is 31.7 Å². The van der Waals surface area contributed by atoms with Crippen molar-refractivity contribution in [2.24, 2.45) is 0 Å². The fourth-order valence-corrected chi connectivity index (χ4v) is 4.10. The molecule has 0 amide bonds. The molecule has 7 nitrogen and oxygen atoms in total. The van der Waals surface area contributed by atoms with Gasteiger partial charge in [-0.15, -0.1) is 5.10 Å². The summed E-state index contributed by atoms with van der Waals surface area (Å²) < 4.78 is 28.4. The van der Waals surface area contributed by atoms with E-state index < -0.39 is 10.0 Å². The van der Waals surface area contributed by atoms with Crippen molar-refractivity contribution in [1.82, 2.24) is 19.3 Å². The standard InChI is InChI=1S/C13H18ClN5O2S/c14-13-16-12(11-6-3-8-19(11)17-13)15-7-9-22(20,21)18-10-4-1-2-5-10/h3,6,8,10,18H,1-2,4-5,7,9H2,(H,15,16,17). The molecule has 0 aromatic carbocycles. The van der Waals surface area contributed by atoms with E-state index in [-0.39, 0.29) is 23.6 Å². The third kappa shape index (κ3) is 3.68. The van der Waals surface area contributed by atoms with Crippen LogP contribution in [0.3, 0.4) is 0 Å². The van der Waals surface area contributed by atoms with Crippen molar-refractivity contribution in [3.05, 3.63) is 23.6 Å². The Bertz CT molecular complexity index is 755. The van der Waals surface area contributed by atoms with Crippen molar-refractivity contribution in [2.75, 3.05) is 17.6 Å². The molecule has 0 spiro atoms. The predicted molar refractivity (Wildman–Crippen MR) is 85.7 cm³/mol. The first-order chi connectivity index (χ1) is 10.5. The van der Waals surface area contributed by atoms with Gasteiger partial charge in [-0.3, -0.25) is 0 Å². The summed E-state index contributed by atoms with van der Waals surface area (Å²) in [5.41, 5.74) is 0.755. The summed E-state index contributed by atoms with van der Waals surface area (Å²) in [6, 6.07) is 3.75. The second-order valence-electron chi connectivity index (χ2n) is 5.41. The highest BCUT2D eigenvalue weighted by atomic mass is 35.5. The Morgan fingerprint density at radius 3 is 2.91 bits per heavy atom. The average Bonchev–Trinajstić information content (AvgIpc) is 3.08. The van der Waals surface area contributed by atoms with Gasteiger partial charge in [-0.1, -0.05) is 12.8 Å². The van der Waals surface area contributed by atoms with Crippen LogP contribution in [0.4, 0.5) is 5.82 Å². The minimum absolute atomic E-state index is 0.00199. The van der Waals surface area contributed by atoms with E-state index in [4.69, 9.17) is 11.6 Å². The van der Waals surface area contributed by atoms with Crippen LogP contribution >= 0.6 is 11.6 Å². The number of anilines is 1. The molecule has 0 aliphatic heterocycles. The first kappa shape index (κ1) is 15.5. The molecular weight excluding hydrogens is 326 g/mol. The predicted octanol–water partition coefficient (Wildman–Crippen LogP) is 1.66. The zero-order valence-corrected chi connectivity index (χ0v) is 13.6. The highest BCUT2D eigenvalue weighted by Gasteiger charge is 2.21. The lowest BCUT2D eigenvalue weighted by atomic mass is 10.3. The van der Waals surface area contributed by atoms with Crippen LogP contribution in [0.15, 0.2) is 18.3 Å². The fraction of sp³-hybridized carbons (Fsp3) is 0.538. The first-order valence-electron chi connectivity index (χ1n) is 7.28. The fourth-order valence-electron chi connectivity index (χ4n) is 2.70. The van der Waals surface area contributed by atoms with Crippen LogP contribution < -0.4 is 10.0 Å². The number of aromatic nitrogens is 3. The molecule has 3 rings (SSSR count). The van der Waals surface area contributed by atoms with Crippen LogP contribution in [0.1, 0.15) is 25.7 Å². The van der Waals surface area contributed by atoms with Gasteiger partial charge in [-0.2, -0.15) is 4.98 Å². The van der Waals surface area contributed by atoms with Gasteiger partial charge in [0.25, 0.3) is 0 Å². The third-order valence-corrected chi connectivity index (χ3v) is 5.32. The molecule has 1 aliphatic rings. The Morgan fingerprint density at radius 2 is 2.14 bits per heavy atom. The quantitative estimate of drug-likeness (QED) is 0.832. The van der Waals surface area contributed by atoms with E-state index in [2.05, 4.69) is 20.1 Å². The van der Waals surface area contributed by atoms with Crippen LogP contribution in [0.5, 0.6) is 0 Å². The lowest BCUT2D eigenvalue weighted by Gasteiger charge is -2.13. The second kappa shape index (κ2) is 6.39. The van der Waals surface area contributed by atoms with Gasteiger partial charge < -0.3 is 5.32 Å². The Balaban J connectivity index is 1.60. The van der Waals surface area contributed by atoms with E-state index in [1.165, 1.54) is 0 Å². The molecule has 0 bridgehead atoms. The van der Waals surface area contributed by atoms with Crippen LogP contribution in [-0.4, -0.2) is 41.4 Å². The second-order valence-corrected chi connectivity index (χ2v) is 7.62. The number of halogens is 1. The van der Waals surface area contributed by atoms with Crippen molar-refractivity contribution >= 4 is 33.0 Å². The zero-order valence-electron chi connectivity index (χ0n) is 12.0. The summed E-state index contributed by atoms with van der Waals surface area (Å²) in [5, 5.41) is 7.15. The van der Waals surface area contributed by atoms with E-state index in [9.17, 15) is 8.42 Å². The highest BCUT2D eigenvalue weighted by molar-refractivity contribution is 7.89. The van der Waals surface area contributed by atoms with Gasteiger partial charge in [0.1, 0.15) is 5.52 Å². The number of nitrogens with one attached hydrogen (secondary N) is 2. The summed E-state index contributed by atoms with van der Waals surface area (Å²) in [7, 11) is -3.28. The molecule has 0 radical (unpaired) electrons. The molecule has 0 atom stereocenters. The van der Waals surface area contributed by atoms with E-state index in [0.717, 1.165) is 31.2 Å². The number of fused-ring (bicyclic) bond motifs is 1. The van der Waals surface area contributed by atoms with Crippen LogP contribution in [0.25, 0.3) is 5.52 Å². The smallest absolute Gasteiger partial charge is 0.243 e. The molecule has 1 fully saturated rings. The zero-order chi connectivity index (χ0) is 15.6. The molecule has 1 aliphatic carbocycles. The molecule has 2 aromatic rings. The van der Waals surface area contributed by atoms with Crippen molar-refractivity contribution < 1.29 is 8.42 Å². The lowest BCUT2D eigenvalue weighted by Crippen LogP contribution is -2.36. The van der Waals surface area contributed by atoms with E-state index in [1.807, 2.05) is 12.1 Å². The van der Waals surface area contributed by atoms with E-state index in [0.29, 0.717) is 5.82 Å². The van der Waals surface area contributed by atoms with Gasteiger partial charge in [0.05, 0.1) is 5.75 Å². The number of sulfonamides is 1. The summed E-state index contributed by atoms with van der Waals surface area (Å²) in [4.78, 5) is 4.10. The van der Waals surface area contributed by atoms with Crippen LogP contribution in [-0.2, 0) is 10.0 Å². The van der Waals surface area contributed by atoms with E-state index >= 15 is 0 Å². The van der Waals surface area contributed by atoms with Gasteiger partial charge in [-0.05, 0) is 36.6 Å². The van der Waals surface area contributed by atoms with Gasteiger partial charge in [-0.25, -0.2) is 17.7 Å². The van der Waals surface area contributed by atoms with Gasteiger partial charge >= 0.3 is 0 Å². The van der Waals surface area contributed by atoms with Crippen LogP contribution in [0, 0.1) is 0 Å². The molecule has 120 valence electrons. The van der Waals surface area contributed by atoms with Crippen molar-refractivity contribution in [3.63, 3.8) is 0 Å². The Hall–Kier alpha value is -1.38. The third-order valence-electron chi connectivity index (χ3n) is 3.73. The number of nitrogens with zero attached hydrogens (tertiary/aromatic N) is 3. The summed E-state index contributed by atoms with van der Waals surface area (Å²) >= 11 is 5.85. The van der Waals surface area contributed by atoms with Gasteiger partial charge in [0.2, 0.25) is 15.3 Å². The molecule has 1 saturated carbocycles. The Kier molecular flexibility index (Phi) is 4.51. The summed E-state index contributed by atoms with van der Waals surface area (Å²) in [6.45, 7) is 0.260. The van der Waals surface area contributed by atoms with Gasteiger partial charge in [0.15, 0.2) is 5.82 Å². The molecule has 9 heteroatoms. The molecule has 2 N–H and O–H groups in total. The minimum atomic E-state index is -3.28. The summed E-state index contributed by atoms with van der Waals surface area (Å²) in [5.74, 6) is 0.527. The first-order valence-corrected chi connectivity index (χ1v) is 9.31. The molecule has 0 unspecified atom stereocenters. The van der Waals surface area contributed by atoms with Crippen molar-refractivity contribution in [1.29, 1.82) is 0 Å². The van der Waals surface area contributed by atoms with Crippen molar-refractivity contribution in [3.8, 4) is 0 Å². The Morgan fingerprint density at radius 1 is 1.36 bits per heavy atom. The van der Waals surface area contributed by atoms with Gasteiger partial charge in [0, 0.05) is 18.8 Å². The normalized spacial score (nSPS) is 16.4. The molecule has 2 aromatic heterocycles. The number of hydrogen-bond donors (Lipinski definition) is 2. The maximum absolute atomic E-state index is 12.0. The molecule has 22 heavy (non-hydrogen) atoms. The average molecular weight is 344 g/mol. The maximum Gasteiger partial charge on any atom is 0.243 e. The summed E-state index contributed by atoms with van der Waals surface area (Å²) in [6.07, 6.45) is 5.80. The molecular formula is C13H18ClN5O2S. The minimum Gasteiger partial charge on any atom is -0.367 e. The largest absolute Gasteiger partial charge is 0.367 e. The SMILES string of the molecule is O=S(=O)(CCNc1nc(Cl)nn2cccc12)NC1CCCC1. The monoisotopic (exact) mass is 343 g/mol. The topological polar surface area (TPSA) is 88.4 Å². The molecule has 0 saturated heterocycles. The Labute approximate surface area is 134 Å². The van der Waals surface area contributed by atoms with Crippen LogP contribution in [0.2, 0.25) is 5.28 Å². The lowest BCUT2D eigenvalue weighted by molar-refractivity contribution is 0.552. The highest BCUT2D eigenvalue weighted by Crippen LogP contribution is 2.19. The number of rotatable bonds is 6. The molecule has 2 heterocycles. The van der Waals surface area contributed by atoms with E-state index in [1.54, 1.807) is 10.7 Å². The number of hydrogen-bond acceptors (Lipinski definition) is 5.